The fourth-order valence-electron chi connectivity index (χ4n) is 2.19. The molecule has 3 aromatic rings. The minimum Gasteiger partial charge on any atom is -0.346 e. The Morgan fingerprint density at radius 1 is 1.11 bits per heavy atom. The number of nitrogens with one attached hydrogen (secondary N) is 1. The van der Waals surface area contributed by atoms with Gasteiger partial charge in [0, 0.05) is 36.2 Å². The molecule has 0 spiro atoms. The van der Waals surface area contributed by atoms with Crippen molar-refractivity contribution in [3.8, 4) is 0 Å². The molecular weight excluding hydrogens is 276 g/mol. The number of halogens is 1. The number of hydrogen-bond acceptors (Lipinski definition) is 2. The Morgan fingerprint density at radius 3 is 2.84 bits per heavy atom. The van der Waals surface area contributed by atoms with Crippen molar-refractivity contribution in [1.29, 1.82) is 0 Å². The molecule has 0 fully saturated rings. The number of aromatic nitrogens is 1. The molecule has 1 aromatic carbocycles. The second-order valence-electron chi connectivity index (χ2n) is 4.45. The van der Waals surface area contributed by atoms with E-state index in [1.165, 1.54) is 15.8 Å². The molecule has 2 heterocycles. The molecule has 19 heavy (non-hydrogen) atoms. The minimum atomic E-state index is 0.855. The molecular formula is C15H15ClN2S. The summed E-state index contributed by atoms with van der Waals surface area (Å²) >= 11 is 7.54. The predicted octanol–water partition coefficient (Wildman–Crippen LogP) is 4.15. The SMILES string of the molecule is Clc1ccc(CNCCn2ccc3ccccc32)s1. The third-order valence-electron chi connectivity index (χ3n) is 3.14. The predicted molar refractivity (Wildman–Crippen MR) is 83.0 cm³/mol. The van der Waals surface area contributed by atoms with Gasteiger partial charge in [0.05, 0.1) is 4.34 Å². The summed E-state index contributed by atoms with van der Waals surface area (Å²) in [6, 6.07) is 14.6. The summed E-state index contributed by atoms with van der Waals surface area (Å²) < 4.78 is 3.14. The van der Waals surface area contributed by atoms with Crippen LogP contribution in [0.2, 0.25) is 4.34 Å². The molecule has 98 valence electrons. The number of benzene rings is 1. The summed E-state index contributed by atoms with van der Waals surface area (Å²) in [7, 11) is 0. The van der Waals surface area contributed by atoms with Crippen LogP contribution in [0.5, 0.6) is 0 Å². The van der Waals surface area contributed by atoms with Crippen molar-refractivity contribution >= 4 is 33.8 Å². The maximum atomic E-state index is 5.91. The summed E-state index contributed by atoms with van der Waals surface area (Å²) in [5.74, 6) is 0. The van der Waals surface area contributed by atoms with Crippen molar-refractivity contribution in [2.75, 3.05) is 6.54 Å². The molecule has 0 saturated carbocycles. The standard InChI is InChI=1S/C15H15ClN2S/c16-15-6-5-13(19-15)11-17-8-10-18-9-7-12-3-1-2-4-14(12)18/h1-7,9,17H,8,10-11H2. The summed E-state index contributed by atoms with van der Waals surface area (Å²) in [5, 5.41) is 4.75. The van der Waals surface area contributed by atoms with Crippen LogP contribution in [0.1, 0.15) is 4.88 Å². The van der Waals surface area contributed by atoms with E-state index < -0.39 is 0 Å². The molecule has 0 bridgehead atoms. The molecule has 2 aromatic heterocycles. The van der Waals surface area contributed by atoms with Gasteiger partial charge in [-0.2, -0.15) is 0 Å². The van der Waals surface area contributed by atoms with Crippen LogP contribution in [0.3, 0.4) is 0 Å². The van der Waals surface area contributed by atoms with E-state index in [-0.39, 0.29) is 0 Å². The molecule has 0 aliphatic heterocycles. The quantitative estimate of drug-likeness (QED) is 0.699. The van der Waals surface area contributed by atoms with Crippen molar-refractivity contribution in [1.82, 2.24) is 9.88 Å². The van der Waals surface area contributed by atoms with E-state index in [9.17, 15) is 0 Å². The monoisotopic (exact) mass is 290 g/mol. The average molecular weight is 291 g/mol. The zero-order valence-electron chi connectivity index (χ0n) is 10.5. The van der Waals surface area contributed by atoms with Gasteiger partial charge in [0.1, 0.15) is 0 Å². The van der Waals surface area contributed by atoms with E-state index >= 15 is 0 Å². The van der Waals surface area contributed by atoms with Crippen molar-refractivity contribution in [3.05, 3.63) is 57.9 Å². The van der Waals surface area contributed by atoms with Gasteiger partial charge in [0.25, 0.3) is 0 Å². The Balaban J connectivity index is 1.55. The Morgan fingerprint density at radius 2 is 2.00 bits per heavy atom. The van der Waals surface area contributed by atoms with Crippen molar-refractivity contribution in [2.45, 2.75) is 13.1 Å². The van der Waals surface area contributed by atoms with Crippen LogP contribution in [-0.2, 0) is 13.1 Å². The zero-order chi connectivity index (χ0) is 13.1. The van der Waals surface area contributed by atoms with Gasteiger partial charge in [-0.25, -0.2) is 0 Å². The highest BCUT2D eigenvalue weighted by atomic mass is 35.5. The van der Waals surface area contributed by atoms with E-state index in [4.69, 9.17) is 11.6 Å². The van der Waals surface area contributed by atoms with E-state index in [1.54, 1.807) is 11.3 Å². The van der Waals surface area contributed by atoms with E-state index in [1.807, 2.05) is 6.07 Å². The zero-order valence-corrected chi connectivity index (χ0v) is 12.0. The van der Waals surface area contributed by atoms with Crippen LogP contribution < -0.4 is 5.32 Å². The molecule has 0 amide bonds. The van der Waals surface area contributed by atoms with E-state index in [0.29, 0.717) is 0 Å². The summed E-state index contributed by atoms with van der Waals surface area (Å²) in [6.45, 7) is 2.82. The number of thiophene rings is 1. The lowest BCUT2D eigenvalue weighted by atomic mass is 10.2. The maximum absolute atomic E-state index is 5.91. The van der Waals surface area contributed by atoms with Gasteiger partial charge in [-0.05, 0) is 29.7 Å². The molecule has 4 heteroatoms. The normalized spacial score (nSPS) is 11.2. The van der Waals surface area contributed by atoms with Crippen molar-refractivity contribution in [3.63, 3.8) is 0 Å². The number of hydrogen-bond donors (Lipinski definition) is 1. The number of nitrogens with zero attached hydrogens (tertiary/aromatic N) is 1. The lowest BCUT2D eigenvalue weighted by Gasteiger charge is -2.06. The van der Waals surface area contributed by atoms with Crippen molar-refractivity contribution < 1.29 is 0 Å². The molecule has 2 nitrogen and oxygen atoms in total. The van der Waals surface area contributed by atoms with Gasteiger partial charge in [-0.1, -0.05) is 29.8 Å². The van der Waals surface area contributed by atoms with E-state index in [2.05, 4.69) is 52.5 Å². The first-order chi connectivity index (χ1) is 9.33. The van der Waals surface area contributed by atoms with Crippen LogP contribution in [0.15, 0.2) is 48.7 Å². The highest BCUT2D eigenvalue weighted by Crippen LogP contribution is 2.21. The molecule has 0 unspecified atom stereocenters. The van der Waals surface area contributed by atoms with Crippen LogP contribution in [0.25, 0.3) is 10.9 Å². The molecule has 0 aliphatic rings. The first-order valence-electron chi connectivity index (χ1n) is 6.32. The fourth-order valence-corrected chi connectivity index (χ4v) is 3.25. The Kier molecular flexibility index (Phi) is 3.87. The average Bonchev–Trinajstić information content (AvgIpc) is 3.02. The van der Waals surface area contributed by atoms with Gasteiger partial charge in [-0.3, -0.25) is 0 Å². The first-order valence-corrected chi connectivity index (χ1v) is 7.51. The topological polar surface area (TPSA) is 17.0 Å². The highest BCUT2D eigenvalue weighted by molar-refractivity contribution is 7.16. The van der Waals surface area contributed by atoms with Crippen LogP contribution >= 0.6 is 22.9 Å². The second kappa shape index (κ2) is 5.78. The molecule has 1 N–H and O–H groups in total. The largest absolute Gasteiger partial charge is 0.346 e. The third-order valence-corrected chi connectivity index (χ3v) is 4.37. The maximum Gasteiger partial charge on any atom is 0.0931 e. The third kappa shape index (κ3) is 3.00. The lowest BCUT2D eigenvalue weighted by Crippen LogP contribution is -2.18. The Labute approximate surface area is 121 Å². The number of fused-ring (bicyclic) bond motifs is 1. The molecule has 0 saturated heterocycles. The number of rotatable bonds is 5. The molecule has 3 rings (SSSR count). The highest BCUT2D eigenvalue weighted by Gasteiger charge is 2.00. The molecule has 0 aliphatic carbocycles. The van der Waals surface area contributed by atoms with Gasteiger partial charge < -0.3 is 9.88 Å². The van der Waals surface area contributed by atoms with Crippen LogP contribution in [-0.4, -0.2) is 11.1 Å². The smallest absolute Gasteiger partial charge is 0.0931 e. The van der Waals surface area contributed by atoms with Gasteiger partial charge in [0.2, 0.25) is 0 Å². The Bertz CT molecular complexity index is 671. The van der Waals surface area contributed by atoms with E-state index in [0.717, 1.165) is 24.0 Å². The fraction of sp³-hybridized carbons (Fsp3) is 0.200. The second-order valence-corrected chi connectivity index (χ2v) is 6.25. The van der Waals surface area contributed by atoms with Crippen LogP contribution in [0, 0.1) is 0 Å². The van der Waals surface area contributed by atoms with Crippen LogP contribution in [0.4, 0.5) is 0 Å². The van der Waals surface area contributed by atoms with Gasteiger partial charge in [0.15, 0.2) is 0 Å². The minimum absolute atomic E-state index is 0.855. The molecule has 0 atom stereocenters. The Hall–Kier alpha value is -1.29. The summed E-state index contributed by atoms with van der Waals surface area (Å²) in [6.07, 6.45) is 2.15. The van der Waals surface area contributed by atoms with Gasteiger partial charge >= 0.3 is 0 Å². The molecule has 0 radical (unpaired) electrons. The van der Waals surface area contributed by atoms with Gasteiger partial charge in [-0.15, -0.1) is 11.3 Å². The first kappa shape index (κ1) is 12.7. The summed E-state index contributed by atoms with van der Waals surface area (Å²) in [4.78, 5) is 1.28. The lowest BCUT2D eigenvalue weighted by molar-refractivity contribution is 0.613. The number of para-hydroxylation sites is 1. The summed E-state index contributed by atoms with van der Waals surface area (Å²) in [5.41, 5.74) is 1.29. The van der Waals surface area contributed by atoms with Crippen molar-refractivity contribution in [2.24, 2.45) is 0 Å².